The minimum absolute atomic E-state index is 0. The Hall–Kier alpha value is -4.98. The van der Waals surface area contributed by atoms with Gasteiger partial charge in [0.15, 0.2) is 0 Å². The van der Waals surface area contributed by atoms with Gasteiger partial charge in [-0.25, -0.2) is 4.79 Å². The second-order valence-electron chi connectivity index (χ2n) is 13.4. The fourth-order valence-corrected chi connectivity index (χ4v) is 6.92. The zero-order chi connectivity index (χ0) is 35.4. The van der Waals surface area contributed by atoms with Gasteiger partial charge in [-0.05, 0) is 104 Å². The van der Waals surface area contributed by atoms with Gasteiger partial charge in [-0.2, -0.15) is 0 Å². The van der Waals surface area contributed by atoms with Crippen molar-refractivity contribution in [1.29, 1.82) is 0 Å². The molecule has 1 saturated carbocycles. The molecule has 4 aromatic rings. The summed E-state index contributed by atoms with van der Waals surface area (Å²) in [5.74, 6) is -0.961. The molecule has 3 aromatic carbocycles. The fourth-order valence-electron chi connectivity index (χ4n) is 6.92. The van der Waals surface area contributed by atoms with Gasteiger partial charge in [-0.1, -0.05) is 30.3 Å². The van der Waals surface area contributed by atoms with Crippen molar-refractivity contribution in [3.63, 3.8) is 0 Å². The zero-order valence-electron chi connectivity index (χ0n) is 28.3. The highest BCUT2D eigenvalue weighted by atomic mass is 35.5. The summed E-state index contributed by atoms with van der Waals surface area (Å²) in [6.45, 7) is 2.33. The summed E-state index contributed by atoms with van der Waals surface area (Å²) in [5.41, 5.74) is 11.1. The number of aromatic amines is 2. The molecule has 0 unspecified atom stereocenters. The van der Waals surface area contributed by atoms with E-state index in [-0.39, 0.29) is 66.7 Å². The number of imidazole rings is 1. The maximum absolute atomic E-state index is 13.7. The summed E-state index contributed by atoms with van der Waals surface area (Å²) in [5, 5.41) is 20.6. The number of rotatable bonds is 11. The molecule has 4 amide bonds. The lowest BCUT2D eigenvalue weighted by molar-refractivity contribution is -0.130. The van der Waals surface area contributed by atoms with Crippen LogP contribution in [0.1, 0.15) is 53.6 Å². The van der Waals surface area contributed by atoms with Crippen LogP contribution in [0.15, 0.2) is 65.5 Å². The number of H-pyrrole nitrogens is 2. The molecule has 270 valence electrons. The molecule has 0 bridgehead atoms. The fraction of sp³-hybridized carbons (Fsp3) is 0.378. The number of nitrogens with one attached hydrogen (secondary N) is 6. The number of aromatic nitrogens is 2. The average Bonchev–Trinajstić information content (AvgIpc) is 3.67. The van der Waals surface area contributed by atoms with Crippen molar-refractivity contribution >= 4 is 52.8 Å². The lowest BCUT2D eigenvalue weighted by Gasteiger charge is -2.28. The quantitative estimate of drug-likeness (QED) is 0.116. The Kier molecular flexibility index (Phi) is 12.0. The first-order valence-corrected chi connectivity index (χ1v) is 17.1. The monoisotopic (exact) mass is 717 g/mol. The molecule has 1 aromatic heterocycles. The number of amides is 4. The highest BCUT2D eigenvalue weighted by Crippen LogP contribution is 2.29. The molecular formula is C37H44ClN7O6. The Morgan fingerprint density at radius 2 is 1.67 bits per heavy atom. The normalized spacial score (nSPS) is 20.6. The predicted molar refractivity (Wildman–Crippen MR) is 196 cm³/mol. The summed E-state index contributed by atoms with van der Waals surface area (Å²) < 4.78 is 0. The first-order valence-electron chi connectivity index (χ1n) is 17.1. The van der Waals surface area contributed by atoms with E-state index < -0.39 is 12.1 Å². The van der Waals surface area contributed by atoms with E-state index in [4.69, 9.17) is 5.73 Å². The van der Waals surface area contributed by atoms with E-state index in [0.29, 0.717) is 41.2 Å². The zero-order valence-corrected chi connectivity index (χ0v) is 29.1. The van der Waals surface area contributed by atoms with Crippen LogP contribution in [0.25, 0.3) is 22.2 Å². The number of hydrogen-bond acceptors (Lipinski definition) is 7. The van der Waals surface area contributed by atoms with Crippen molar-refractivity contribution < 1.29 is 24.3 Å². The van der Waals surface area contributed by atoms with Crippen LogP contribution in [0.5, 0.6) is 0 Å². The van der Waals surface area contributed by atoms with Gasteiger partial charge in [0, 0.05) is 23.6 Å². The molecule has 2 fully saturated rings. The Labute approximate surface area is 301 Å². The van der Waals surface area contributed by atoms with Crippen LogP contribution in [0.3, 0.4) is 0 Å². The van der Waals surface area contributed by atoms with E-state index in [1.807, 2.05) is 37.3 Å². The molecular weight excluding hydrogens is 674 g/mol. The predicted octanol–water partition coefficient (Wildman–Crippen LogP) is 2.66. The Bertz CT molecular complexity index is 1950. The number of aliphatic hydroxyl groups is 1. The molecule has 0 radical (unpaired) electrons. The molecule has 3 atom stereocenters. The number of carbonyl (C=O) groups is 4. The summed E-state index contributed by atoms with van der Waals surface area (Å²) in [7, 11) is 0. The third kappa shape index (κ3) is 8.85. The van der Waals surface area contributed by atoms with Gasteiger partial charge < -0.3 is 42.1 Å². The van der Waals surface area contributed by atoms with Gasteiger partial charge in [-0.15, -0.1) is 12.4 Å². The summed E-state index contributed by atoms with van der Waals surface area (Å²) >= 11 is 0. The number of anilines is 1. The first-order chi connectivity index (χ1) is 24.1. The van der Waals surface area contributed by atoms with E-state index in [0.717, 1.165) is 47.9 Å². The molecule has 6 rings (SSSR count). The van der Waals surface area contributed by atoms with Crippen molar-refractivity contribution in [3.8, 4) is 11.1 Å². The summed E-state index contributed by atoms with van der Waals surface area (Å²) in [6, 6.07) is 16.2. The number of carbonyl (C=O) groups excluding carboxylic acids is 4. The van der Waals surface area contributed by atoms with E-state index >= 15 is 0 Å². The standard InChI is InChI=1S/C37H43N7O6.ClH/c1-20-14-25(34(47)42-32-17-27(19-45)40-36(32)49)10-12-28(20)23-6-2-21(3-7-23)15-31(41-33(46)24-8-4-22(18-38)5-9-24)35(48)39-26-11-13-29-30(16-26)44-37(50)43-29;/h2-3,6-7,10-14,16,22,24,27,31-32,45H,4-5,8-9,15,17-19,38H2,1H3,(H,39,48)(H,40,49)(H,41,46)(H,42,47)(H2,43,44,50);1H/t22?,24?,27-,31-,32+;/m0./s1. The number of nitrogens with two attached hydrogens (primary N) is 1. The van der Waals surface area contributed by atoms with Crippen LogP contribution < -0.4 is 32.7 Å². The molecule has 9 N–H and O–H groups in total. The Balaban J connectivity index is 0.00000504. The number of benzene rings is 3. The highest BCUT2D eigenvalue weighted by molar-refractivity contribution is 6.00. The van der Waals surface area contributed by atoms with Gasteiger partial charge >= 0.3 is 5.69 Å². The van der Waals surface area contributed by atoms with E-state index in [1.165, 1.54) is 0 Å². The van der Waals surface area contributed by atoms with Gasteiger partial charge in [0.2, 0.25) is 17.7 Å². The summed E-state index contributed by atoms with van der Waals surface area (Å²) in [4.78, 5) is 69.2. The molecule has 1 aliphatic heterocycles. The molecule has 2 aliphatic rings. The van der Waals surface area contributed by atoms with Crippen LogP contribution in [0, 0.1) is 18.8 Å². The number of aliphatic hydroxyl groups excluding tert-OH is 1. The average molecular weight is 718 g/mol. The van der Waals surface area contributed by atoms with E-state index in [9.17, 15) is 29.1 Å². The van der Waals surface area contributed by atoms with Crippen molar-refractivity contribution in [2.24, 2.45) is 17.6 Å². The molecule has 14 heteroatoms. The first kappa shape index (κ1) is 37.3. The van der Waals surface area contributed by atoms with Gasteiger partial charge in [0.1, 0.15) is 12.1 Å². The number of aryl methyl sites for hydroxylation is 1. The molecule has 51 heavy (non-hydrogen) atoms. The maximum atomic E-state index is 13.7. The van der Waals surface area contributed by atoms with E-state index in [2.05, 4.69) is 31.2 Å². The largest absolute Gasteiger partial charge is 0.394 e. The summed E-state index contributed by atoms with van der Waals surface area (Å²) in [6.07, 6.45) is 3.81. The lowest BCUT2D eigenvalue weighted by atomic mass is 9.81. The molecule has 1 aliphatic carbocycles. The second-order valence-corrected chi connectivity index (χ2v) is 13.4. The lowest BCUT2D eigenvalue weighted by Crippen LogP contribution is -2.48. The number of hydrogen-bond donors (Lipinski definition) is 8. The number of fused-ring (bicyclic) bond motifs is 1. The maximum Gasteiger partial charge on any atom is 0.323 e. The van der Waals surface area contributed by atoms with Gasteiger partial charge in [0.25, 0.3) is 5.91 Å². The van der Waals surface area contributed by atoms with Crippen molar-refractivity contribution in [2.45, 2.75) is 63.6 Å². The minimum atomic E-state index is -0.851. The van der Waals surface area contributed by atoms with Gasteiger partial charge in [-0.3, -0.25) is 19.2 Å². The smallest absolute Gasteiger partial charge is 0.323 e. The van der Waals surface area contributed by atoms with Crippen LogP contribution in [0.2, 0.25) is 0 Å². The third-order valence-electron chi connectivity index (χ3n) is 9.87. The van der Waals surface area contributed by atoms with Crippen LogP contribution >= 0.6 is 12.4 Å². The van der Waals surface area contributed by atoms with Crippen LogP contribution in [-0.4, -0.2) is 70.0 Å². The molecule has 1 saturated heterocycles. The van der Waals surface area contributed by atoms with Crippen molar-refractivity contribution in [3.05, 3.63) is 87.8 Å². The molecule has 0 spiro atoms. The second kappa shape index (κ2) is 16.4. The minimum Gasteiger partial charge on any atom is -0.394 e. The molecule has 2 heterocycles. The Morgan fingerprint density at radius 3 is 2.33 bits per heavy atom. The van der Waals surface area contributed by atoms with Crippen LogP contribution in [0.4, 0.5) is 5.69 Å². The highest BCUT2D eigenvalue weighted by Gasteiger charge is 2.33. The topological polar surface area (TPSA) is 211 Å². The Morgan fingerprint density at radius 1 is 0.941 bits per heavy atom. The SMILES string of the molecule is Cc1cc(C(=O)N[C@@H]2C[C@@H](CO)NC2=O)ccc1-c1ccc(C[C@H](NC(=O)C2CCC(CN)CC2)C(=O)Nc2ccc3[nH]c(=O)[nH]c3c2)cc1.Cl. The molecule has 13 nitrogen and oxygen atoms in total. The van der Waals surface area contributed by atoms with Crippen LogP contribution in [-0.2, 0) is 20.8 Å². The number of halogens is 1. The van der Waals surface area contributed by atoms with E-state index in [1.54, 1.807) is 30.3 Å². The third-order valence-corrected chi connectivity index (χ3v) is 9.87. The van der Waals surface area contributed by atoms with Crippen molar-refractivity contribution in [1.82, 2.24) is 25.9 Å². The van der Waals surface area contributed by atoms with Gasteiger partial charge in [0.05, 0.1) is 23.7 Å². The van der Waals surface area contributed by atoms with Crippen molar-refractivity contribution in [2.75, 3.05) is 18.5 Å².